The summed E-state index contributed by atoms with van der Waals surface area (Å²) in [6, 6.07) is 21.5. The van der Waals surface area contributed by atoms with Gasteiger partial charge in [-0.3, -0.25) is 0 Å². The van der Waals surface area contributed by atoms with Gasteiger partial charge >= 0.3 is 0 Å². The van der Waals surface area contributed by atoms with Crippen LogP contribution in [0, 0.1) is 0 Å². The molecule has 5 heterocycles. The Morgan fingerprint density at radius 2 is 1.18 bits per heavy atom. The summed E-state index contributed by atoms with van der Waals surface area (Å²) in [6.07, 6.45) is 7.65. The van der Waals surface area contributed by atoms with Gasteiger partial charge in [0.05, 0.1) is 38.1 Å². The van der Waals surface area contributed by atoms with Gasteiger partial charge in [0.1, 0.15) is 0 Å². The minimum absolute atomic E-state index is 0. The van der Waals surface area contributed by atoms with E-state index in [9.17, 15) is 8.42 Å². The molecule has 0 atom stereocenters. The Bertz CT molecular complexity index is 1730. The SMILES string of the molecule is O=S(=O)(c1ccccc1)c1cc2cc3ccc(cc4nc(cc5nc(cc1[nH]2)C=C5)C=C4)[nH]3.[Co]. The van der Waals surface area contributed by atoms with Crippen LogP contribution in [0.2, 0.25) is 0 Å². The number of aromatic amines is 2. The summed E-state index contributed by atoms with van der Waals surface area (Å²) in [6.45, 7) is 0. The first-order valence-corrected chi connectivity index (χ1v) is 11.9. The molecule has 0 saturated carbocycles. The molecule has 2 aliphatic heterocycles. The Labute approximate surface area is 206 Å². The van der Waals surface area contributed by atoms with E-state index in [0.717, 1.165) is 28.1 Å². The van der Waals surface area contributed by atoms with Gasteiger partial charge < -0.3 is 9.97 Å². The summed E-state index contributed by atoms with van der Waals surface area (Å²) < 4.78 is 26.9. The summed E-state index contributed by atoms with van der Waals surface area (Å²) in [7, 11) is -3.73. The van der Waals surface area contributed by atoms with E-state index < -0.39 is 9.84 Å². The first kappa shape index (κ1) is 22.1. The van der Waals surface area contributed by atoms with Gasteiger partial charge in [0.2, 0.25) is 9.84 Å². The van der Waals surface area contributed by atoms with Gasteiger partial charge in [-0.2, -0.15) is 0 Å². The zero-order valence-electron chi connectivity index (χ0n) is 17.7. The maximum Gasteiger partial charge on any atom is 0.208 e. The van der Waals surface area contributed by atoms with E-state index in [2.05, 4.69) is 19.9 Å². The van der Waals surface area contributed by atoms with Crippen molar-refractivity contribution in [1.29, 1.82) is 0 Å². The van der Waals surface area contributed by atoms with Crippen molar-refractivity contribution in [3.05, 3.63) is 95.6 Å². The summed E-state index contributed by atoms with van der Waals surface area (Å²) in [5.74, 6) is 0. The Kier molecular flexibility index (Phi) is 5.56. The Morgan fingerprint density at radius 1 is 0.588 bits per heavy atom. The second kappa shape index (κ2) is 8.57. The molecule has 2 aliphatic rings. The number of aromatic nitrogens is 4. The fraction of sp³-hybridized carbons (Fsp3) is 0. The second-order valence-corrected chi connectivity index (χ2v) is 9.77. The quantitative estimate of drug-likeness (QED) is 0.323. The molecule has 1 aromatic carbocycles. The third-order valence-corrected chi connectivity index (χ3v) is 7.28. The van der Waals surface area contributed by atoms with E-state index in [1.807, 2.05) is 54.6 Å². The summed E-state index contributed by atoms with van der Waals surface area (Å²) >= 11 is 0. The number of sulfone groups is 1. The predicted molar refractivity (Wildman–Crippen MR) is 131 cm³/mol. The number of nitrogens with one attached hydrogen (secondary N) is 2. The Morgan fingerprint density at radius 3 is 1.85 bits per heavy atom. The molecule has 2 N–H and O–H groups in total. The molecule has 0 aliphatic carbocycles. The molecule has 8 heteroatoms. The molecule has 3 aromatic heterocycles. The average Bonchev–Trinajstić information content (AvgIpc) is 3.59. The molecule has 0 unspecified atom stereocenters. The molecule has 0 saturated heterocycles. The molecule has 4 aromatic rings. The van der Waals surface area contributed by atoms with Gasteiger partial charge in [-0.1, -0.05) is 18.2 Å². The van der Waals surface area contributed by atoms with Crippen LogP contribution in [-0.4, -0.2) is 28.4 Å². The van der Waals surface area contributed by atoms with Crippen LogP contribution in [0.5, 0.6) is 0 Å². The molecule has 0 fully saturated rings. The van der Waals surface area contributed by atoms with Crippen LogP contribution in [0.1, 0.15) is 22.8 Å². The van der Waals surface area contributed by atoms with Crippen molar-refractivity contribution in [2.75, 3.05) is 0 Å². The molecular weight excluding hydrogens is 491 g/mol. The smallest absolute Gasteiger partial charge is 0.208 e. The third-order valence-electron chi connectivity index (χ3n) is 5.47. The van der Waals surface area contributed by atoms with E-state index in [1.165, 1.54) is 0 Å². The summed E-state index contributed by atoms with van der Waals surface area (Å²) in [5.41, 5.74) is 5.97. The standard InChI is InChI=1S/C26H18N4O2S.Co/c31-33(32,24-4-2-1-3-5-24)26-16-23-14-21-9-8-19(28-21)12-17-6-7-18(27-17)13-20-10-11-22(29-20)15-25(26)30-23;/h1-16,28,30H;. The van der Waals surface area contributed by atoms with Crippen LogP contribution in [0.4, 0.5) is 0 Å². The molecule has 6 nitrogen and oxygen atoms in total. The molecule has 0 amide bonds. The number of nitrogens with zero attached hydrogens (tertiary/aromatic N) is 2. The minimum atomic E-state index is -3.73. The van der Waals surface area contributed by atoms with Crippen molar-refractivity contribution in [3.8, 4) is 0 Å². The van der Waals surface area contributed by atoms with Crippen molar-refractivity contribution in [2.45, 2.75) is 9.79 Å². The van der Waals surface area contributed by atoms with Gasteiger partial charge in [0, 0.05) is 33.3 Å². The van der Waals surface area contributed by atoms with Gasteiger partial charge in [0.15, 0.2) is 0 Å². The van der Waals surface area contributed by atoms with Gasteiger partial charge in [-0.15, -0.1) is 0 Å². The van der Waals surface area contributed by atoms with Crippen LogP contribution >= 0.6 is 0 Å². The molecule has 169 valence electrons. The van der Waals surface area contributed by atoms with Crippen LogP contribution in [0.25, 0.3) is 46.4 Å². The fourth-order valence-electron chi connectivity index (χ4n) is 3.94. The van der Waals surface area contributed by atoms with Crippen LogP contribution < -0.4 is 0 Å². The fourth-order valence-corrected chi connectivity index (χ4v) is 5.39. The molecule has 8 bridgehead atoms. The number of rotatable bonds is 2. The van der Waals surface area contributed by atoms with E-state index in [-0.39, 0.29) is 26.6 Å². The number of hydrogen-bond acceptors (Lipinski definition) is 4. The first-order valence-electron chi connectivity index (χ1n) is 10.4. The summed E-state index contributed by atoms with van der Waals surface area (Å²) in [4.78, 5) is 16.3. The van der Waals surface area contributed by atoms with Crippen LogP contribution in [0.15, 0.2) is 82.6 Å². The minimum Gasteiger partial charge on any atom is -0.355 e. The van der Waals surface area contributed by atoms with Gasteiger partial charge in [-0.05, 0) is 78.9 Å². The summed E-state index contributed by atoms with van der Waals surface area (Å²) in [5, 5.41) is 0. The largest absolute Gasteiger partial charge is 0.355 e. The average molecular weight is 509 g/mol. The molecule has 34 heavy (non-hydrogen) atoms. The first-order chi connectivity index (χ1) is 16.0. The zero-order valence-corrected chi connectivity index (χ0v) is 19.5. The van der Waals surface area contributed by atoms with Crippen molar-refractivity contribution in [1.82, 2.24) is 19.9 Å². The van der Waals surface area contributed by atoms with Gasteiger partial charge in [0.25, 0.3) is 0 Å². The van der Waals surface area contributed by atoms with Crippen LogP contribution in [0.3, 0.4) is 0 Å². The van der Waals surface area contributed by atoms with Crippen molar-refractivity contribution in [2.24, 2.45) is 0 Å². The van der Waals surface area contributed by atoms with Crippen molar-refractivity contribution >= 4 is 56.2 Å². The van der Waals surface area contributed by atoms with Gasteiger partial charge in [-0.25, -0.2) is 18.4 Å². The Hall–Kier alpha value is -3.72. The number of H-pyrrole nitrogens is 2. The van der Waals surface area contributed by atoms with Crippen LogP contribution in [-0.2, 0) is 26.6 Å². The number of fused-ring (bicyclic) bond motifs is 8. The topological polar surface area (TPSA) is 91.5 Å². The molecule has 6 rings (SSSR count). The number of hydrogen-bond donors (Lipinski definition) is 2. The van der Waals surface area contributed by atoms with E-state index >= 15 is 0 Å². The van der Waals surface area contributed by atoms with E-state index in [1.54, 1.807) is 42.5 Å². The molecular formula is C26H18CoN4O2S. The maximum absolute atomic E-state index is 13.4. The van der Waals surface area contributed by atoms with E-state index in [0.29, 0.717) is 16.7 Å². The Balaban J connectivity index is 0.00000241. The monoisotopic (exact) mass is 509 g/mol. The van der Waals surface area contributed by atoms with Crippen molar-refractivity contribution in [3.63, 3.8) is 0 Å². The van der Waals surface area contributed by atoms with Crippen molar-refractivity contribution < 1.29 is 25.2 Å². The predicted octanol–water partition coefficient (Wildman–Crippen LogP) is 5.49. The normalized spacial score (nSPS) is 12.5. The van der Waals surface area contributed by atoms with E-state index in [4.69, 9.17) is 0 Å². The number of benzene rings is 1. The second-order valence-electron chi connectivity index (χ2n) is 7.86. The molecule has 0 spiro atoms. The zero-order chi connectivity index (χ0) is 22.4. The maximum atomic E-state index is 13.4. The third kappa shape index (κ3) is 4.14. The molecule has 1 radical (unpaired) electrons.